The Morgan fingerprint density at radius 2 is 1.81 bits per heavy atom. The molecule has 0 unspecified atom stereocenters. The number of hydrogen-bond donors (Lipinski definition) is 2. The van der Waals surface area contributed by atoms with E-state index in [0.29, 0.717) is 5.69 Å². The van der Waals surface area contributed by atoms with Crippen molar-refractivity contribution in [3.05, 3.63) is 59.2 Å². The van der Waals surface area contributed by atoms with E-state index in [2.05, 4.69) is 15.8 Å². The highest BCUT2D eigenvalue weighted by Crippen LogP contribution is 2.25. The van der Waals surface area contributed by atoms with Crippen LogP contribution >= 0.6 is 0 Å². The van der Waals surface area contributed by atoms with Crippen LogP contribution in [0.3, 0.4) is 0 Å². The molecule has 1 aliphatic rings. The molecule has 0 aromatic heterocycles. The summed E-state index contributed by atoms with van der Waals surface area (Å²) < 4.78 is 5.25. The zero-order valence-corrected chi connectivity index (χ0v) is 14.8. The summed E-state index contributed by atoms with van der Waals surface area (Å²) in [5.41, 5.74) is 6.89. The van der Waals surface area contributed by atoms with E-state index in [0.717, 1.165) is 47.4 Å². The van der Waals surface area contributed by atoms with Crippen molar-refractivity contribution in [1.82, 2.24) is 5.43 Å². The largest absolute Gasteiger partial charge is 0.497 e. The number of ether oxygens (including phenoxy) is 1. The number of carbonyl (C=O) groups is 2. The molecule has 1 aliphatic carbocycles. The van der Waals surface area contributed by atoms with Crippen molar-refractivity contribution >= 4 is 23.2 Å². The number of benzene rings is 2. The van der Waals surface area contributed by atoms with Crippen molar-refractivity contribution in [2.24, 2.45) is 5.10 Å². The molecular formula is C20H21N3O3. The highest BCUT2D eigenvalue weighted by Gasteiger charge is 2.18. The van der Waals surface area contributed by atoms with Crippen LogP contribution in [0.1, 0.15) is 29.5 Å². The minimum Gasteiger partial charge on any atom is -0.497 e. The lowest BCUT2D eigenvalue weighted by molar-refractivity contribution is -0.136. The normalized spacial score (nSPS) is 14.5. The third kappa shape index (κ3) is 4.08. The molecule has 0 saturated heterocycles. The molecule has 2 aromatic carbocycles. The second-order valence-corrected chi connectivity index (χ2v) is 6.20. The maximum atomic E-state index is 12.0. The van der Waals surface area contributed by atoms with Crippen molar-refractivity contribution < 1.29 is 14.3 Å². The van der Waals surface area contributed by atoms with Gasteiger partial charge in [0.1, 0.15) is 5.75 Å². The number of rotatable bonds is 3. The molecule has 2 N–H and O–H groups in total. The van der Waals surface area contributed by atoms with Gasteiger partial charge in [-0.05, 0) is 62.1 Å². The van der Waals surface area contributed by atoms with Crippen molar-refractivity contribution in [2.45, 2.75) is 26.2 Å². The predicted molar refractivity (Wildman–Crippen MR) is 100 cm³/mol. The van der Waals surface area contributed by atoms with Crippen LogP contribution in [0, 0.1) is 6.92 Å². The van der Waals surface area contributed by atoms with Gasteiger partial charge in [-0.2, -0.15) is 5.10 Å². The minimum absolute atomic E-state index is 0.568. The van der Waals surface area contributed by atoms with Crippen molar-refractivity contribution in [2.75, 3.05) is 12.4 Å². The van der Waals surface area contributed by atoms with Crippen molar-refractivity contribution in [3.63, 3.8) is 0 Å². The van der Waals surface area contributed by atoms with Crippen LogP contribution in [-0.4, -0.2) is 24.6 Å². The predicted octanol–water partition coefficient (Wildman–Crippen LogP) is 2.80. The van der Waals surface area contributed by atoms with Gasteiger partial charge in [0.25, 0.3) is 0 Å². The fraction of sp³-hybridized carbons (Fsp3) is 0.250. The van der Waals surface area contributed by atoms with Crippen molar-refractivity contribution in [1.29, 1.82) is 0 Å². The molecule has 2 aromatic rings. The van der Waals surface area contributed by atoms with E-state index < -0.39 is 11.8 Å². The Kier molecular flexibility index (Phi) is 5.31. The topological polar surface area (TPSA) is 79.8 Å². The lowest BCUT2D eigenvalue weighted by atomic mass is 9.90. The lowest BCUT2D eigenvalue weighted by Gasteiger charge is -2.18. The fourth-order valence-electron chi connectivity index (χ4n) is 2.88. The van der Waals surface area contributed by atoms with Gasteiger partial charge in [0.05, 0.1) is 12.8 Å². The zero-order valence-electron chi connectivity index (χ0n) is 14.8. The Bertz CT molecular complexity index is 857. The maximum absolute atomic E-state index is 12.0. The second kappa shape index (κ2) is 7.82. The van der Waals surface area contributed by atoms with Crippen LogP contribution in [-0.2, 0) is 16.0 Å². The Morgan fingerprint density at radius 1 is 1.04 bits per heavy atom. The van der Waals surface area contributed by atoms with Crippen molar-refractivity contribution in [3.8, 4) is 5.75 Å². The number of nitrogens with one attached hydrogen (secondary N) is 2. The van der Waals surface area contributed by atoms with Gasteiger partial charge in [-0.25, -0.2) is 5.43 Å². The minimum atomic E-state index is -0.793. The molecular weight excluding hydrogens is 330 g/mol. The van der Waals surface area contributed by atoms with Gasteiger partial charge in [0.2, 0.25) is 0 Å². The van der Waals surface area contributed by atoms with Crippen LogP contribution in [0.4, 0.5) is 5.69 Å². The van der Waals surface area contributed by atoms with E-state index >= 15 is 0 Å². The number of aryl methyl sites for hydroxylation is 2. The average Bonchev–Trinajstić information content (AvgIpc) is 2.67. The number of anilines is 1. The van der Waals surface area contributed by atoms with Crippen LogP contribution < -0.4 is 15.5 Å². The van der Waals surface area contributed by atoms with Gasteiger partial charge < -0.3 is 10.1 Å². The SMILES string of the molecule is COc1ccc2c(c1)CCCC2=NNC(=O)C(=O)Nc1ccc(C)cc1. The van der Waals surface area contributed by atoms with Gasteiger partial charge in [-0.3, -0.25) is 9.59 Å². The first-order chi connectivity index (χ1) is 12.6. The summed E-state index contributed by atoms with van der Waals surface area (Å²) in [5.74, 6) is -0.741. The number of methoxy groups -OCH3 is 1. The molecule has 0 saturated carbocycles. The number of fused-ring (bicyclic) bond motifs is 1. The monoisotopic (exact) mass is 351 g/mol. The molecule has 2 amide bonds. The molecule has 6 nitrogen and oxygen atoms in total. The van der Waals surface area contributed by atoms with E-state index in [-0.39, 0.29) is 0 Å². The summed E-state index contributed by atoms with van der Waals surface area (Å²) >= 11 is 0. The van der Waals surface area contributed by atoms with Gasteiger partial charge in [-0.15, -0.1) is 0 Å². The molecule has 6 heteroatoms. The van der Waals surface area contributed by atoms with Gasteiger partial charge in [0.15, 0.2) is 0 Å². The summed E-state index contributed by atoms with van der Waals surface area (Å²) in [4.78, 5) is 24.0. The van der Waals surface area contributed by atoms with E-state index in [9.17, 15) is 9.59 Å². The van der Waals surface area contributed by atoms with E-state index in [1.165, 1.54) is 0 Å². The molecule has 26 heavy (non-hydrogen) atoms. The van der Waals surface area contributed by atoms with Crippen LogP contribution in [0.2, 0.25) is 0 Å². The Balaban J connectivity index is 1.67. The number of amides is 2. The van der Waals surface area contributed by atoms with Crippen LogP contribution in [0.15, 0.2) is 47.6 Å². The number of carbonyl (C=O) groups excluding carboxylic acids is 2. The summed E-state index contributed by atoms with van der Waals surface area (Å²) in [6.07, 6.45) is 2.62. The summed E-state index contributed by atoms with van der Waals surface area (Å²) in [5, 5.41) is 6.73. The highest BCUT2D eigenvalue weighted by atomic mass is 16.5. The summed E-state index contributed by atoms with van der Waals surface area (Å²) in [7, 11) is 1.63. The Labute approximate surface area is 152 Å². The Hall–Kier alpha value is -3.15. The molecule has 0 aliphatic heterocycles. The first-order valence-corrected chi connectivity index (χ1v) is 8.48. The van der Waals surface area contributed by atoms with Crippen LogP contribution in [0.5, 0.6) is 5.75 Å². The number of hydrazone groups is 1. The standard InChI is InChI=1S/C20H21N3O3/c1-13-6-8-15(9-7-13)21-19(24)20(25)23-22-18-5-3-4-14-12-16(26-2)10-11-17(14)18/h6-12H,3-5H2,1-2H3,(H,21,24)(H,23,25). The second-order valence-electron chi connectivity index (χ2n) is 6.20. The highest BCUT2D eigenvalue weighted by molar-refractivity contribution is 6.39. The quantitative estimate of drug-likeness (QED) is 0.659. The zero-order chi connectivity index (χ0) is 18.5. The molecule has 3 rings (SSSR count). The smallest absolute Gasteiger partial charge is 0.329 e. The fourth-order valence-corrected chi connectivity index (χ4v) is 2.88. The van der Waals surface area contributed by atoms with E-state index in [4.69, 9.17) is 4.74 Å². The van der Waals surface area contributed by atoms with Gasteiger partial charge >= 0.3 is 11.8 Å². The summed E-state index contributed by atoms with van der Waals surface area (Å²) in [6, 6.07) is 13.0. The third-order valence-electron chi connectivity index (χ3n) is 4.29. The third-order valence-corrected chi connectivity index (χ3v) is 4.29. The molecule has 0 heterocycles. The number of hydrogen-bond acceptors (Lipinski definition) is 4. The maximum Gasteiger partial charge on any atom is 0.329 e. The molecule has 0 bridgehead atoms. The molecule has 0 spiro atoms. The average molecular weight is 351 g/mol. The Morgan fingerprint density at radius 3 is 2.54 bits per heavy atom. The first-order valence-electron chi connectivity index (χ1n) is 8.48. The molecule has 134 valence electrons. The van der Waals surface area contributed by atoms with E-state index in [1.54, 1.807) is 19.2 Å². The number of nitrogens with zero attached hydrogens (tertiary/aromatic N) is 1. The van der Waals surface area contributed by atoms with Crippen LogP contribution in [0.25, 0.3) is 0 Å². The van der Waals surface area contributed by atoms with Gasteiger partial charge in [0, 0.05) is 11.3 Å². The first kappa shape index (κ1) is 17.7. The molecule has 0 atom stereocenters. The van der Waals surface area contributed by atoms with Gasteiger partial charge in [-0.1, -0.05) is 17.7 Å². The summed E-state index contributed by atoms with van der Waals surface area (Å²) in [6.45, 7) is 1.95. The molecule has 0 radical (unpaired) electrons. The lowest BCUT2D eigenvalue weighted by Crippen LogP contribution is -2.33. The molecule has 0 fully saturated rings. The van der Waals surface area contributed by atoms with E-state index in [1.807, 2.05) is 37.3 Å².